The number of aliphatic hydroxyl groups is 1. The van der Waals surface area contributed by atoms with Crippen LogP contribution in [0, 0.1) is 0 Å². The second-order valence-corrected chi connectivity index (χ2v) is 12.7. The number of carbonyl (C=O) groups is 2. The number of aromatic hydroxyl groups is 1. The number of phenols is 1. The Balaban J connectivity index is 1.64. The van der Waals surface area contributed by atoms with Crippen LogP contribution in [0.1, 0.15) is 93.2 Å². The lowest BCUT2D eigenvalue weighted by Gasteiger charge is -2.23. The summed E-state index contributed by atoms with van der Waals surface area (Å²) >= 11 is 6.66. The first-order valence-corrected chi connectivity index (χ1v) is 16.4. The first-order chi connectivity index (χ1) is 22.7. The predicted octanol–water partition coefficient (Wildman–Crippen LogP) is 8.27. The molecule has 252 valence electrons. The van der Waals surface area contributed by atoms with Gasteiger partial charge in [0.2, 0.25) is 5.76 Å². The Morgan fingerprint density at radius 3 is 2.56 bits per heavy atom. The monoisotopic (exact) mass is 698 g/mol. The SMILES string of the molecule is CCCc1c(SCC/C=C\C=C\[C@@H](c2c(C(=O)O)oc3c(c2=O)C=CC(=S)C3)[C@@H](O)c2cccc(C(F)(F)F)c2)ccc(C(C)=O)c1O. The van der Waals surface area contributed by atoms with Crippen LogP contribution in [0.5, 0.6) is 5.75 Å². The molecular formula is C36H33F3O7S2. The lowest BCUT2D eigenvalue weighted by Crippen LogP contribution is -2.26. The molecule has 0 aliphatic heterocycles. The highest BCUT2D eigenvalue weighted by Gasteiger charge is 2.35. The van der Waals surface area contributed by atoms with Crippen molar-refractivity contribution >= 4 is 46.7 Å². The van der Waals surface area contributed by atoms with Crippen molar-refractivity contribution in [2.75, 3.05) is 5.75 Å². The van der Waals surface area contributed by atoms with Crippen molar-refractivity contribution < 1.29 is 42.5 Å². The molecule has 2 aromatic carbocycles. The van der Waals surface area contributed by atoms with Gasteiger partial charge in [0.15, 0.2) is 11.2 Å². The zero-order chi connectivity index (χ0) is 35.2. The normalized spacial score (nSPS) is 14.4. The summed E-state index contributed by atoms with van der Waals surface area (Å²) in [6, 6.07) is 7.39. The van der Waals surface area contributed by atoms with Crippen molar-refractivity contribution in [3.63, 3.8) is 0 Å². The number of carbonyl (C=O) groups excluding carboxylic acids is 1. The highest BCUT2D eigenvalue weighted by atomic mass is 32.2. The first kappa shape index (κ1) is 36.6. The molecule has 0 bridgehead atoms. The van der Waals surface area contributed by atoms with Gasteiger partial charge in [-0.25, -0.2) is 4.79 Å². The minimum Gasteiger partial charge on any atom is -0.507 e. The van der Waals surface area contributed by atoms with Crippen molar-refractivity contribution in [1.82, 2.24) is 0 Å². The van der Waals surface area contributed by atoms with E-state index in [9.17, 15) is 42.9 Å². The lowest BCUT2D eigenvalue weighted by atomic mass is 9.85. The number of aliphatic hydroxyl groups excluding tert-OH is 1. The average Bonchev–Trinajstić information content (AvgIpc) is 3.03. The van der Waals surface area contributed by atoms with Gasteiger partial charge in [0.25, 0.3) is 0 Å². The van der Waals surface area contributed by atoms with E-state index in [1.807, 2.05) is 13.0 Å². The summed E-state index contributed by atoms with van der Waals surface area (Å²) in [5.41, 5.74) is -1.31. The molecule has 2 atom stereocenters. The summed E-state index contributed by atoms with van der Waals surface area (Å²) in [6.45, 7) is 3.37. The fourth-order valence-electron chi connectivity index (χ4n) is 5.35. The predicted molar refractivity (Wildman–Crippen MR) is 182 cm³/mol. The van der Waals surface area contributed by atoms with E-state index in [2.05, 4.69) is 0 Å². The van der Waals surface area contributed by atoms with Crippen LogP contribution < -0.4 is 5.43 Å². The van der Waals surface area contributed by atoms with Crippen molar-refractivity contribution in [3.8, 4) is 5.75 Å². The molecule has 0 radical (unpaired) electrons. The standard InChI is InChI=1S/C36H33F3O7S2/c1-3-9-26-29(16-15-24(20(2)40)32(26)42)48-17-7-5-4-6-12-27(31(41)21-10-8-11-22(18-21)36(37,38)39)30-33(43)25-14-13-23(47)19-28(25)46-34(30)35(44)45/h4-6,8,10-16,18,27,31,41-42H,3,7,9,17,19H2,1-2H3,(H,44,45)/b5-4-,12-6+/t27-,31-/m0/s1. The number of carboxylic acid groups (broad SMARTS) is 1. The van der Waals surface area contributed by atoms with E-state index in [0.717, 1.165) is 29.5 Å². The van der Waals surface area contributed by atoms with Crippen LogP contribution >= 0.6 is 24.0 Å². The Kier molecular flexibility index (Phi) is 12.0. The number of thioether (sulfide) groups is 1. The first-order valence-electron chi connectivity index (χ1n) is 15.1. The summed E-state index contributed by atoms with van der Waals surface area (Å²) in [5, 5.41) is 32.0. The lowest BCUT2D eigenvalue weighted by molar-refractivity contribution is -0.137. The van der Waals surface area contributed by atoms with Gasteiger partial charge in [0.1, 0.15) is 11.5 Å². The highest BCUT2D eigenvalue weighted by molar-refractivity contribution is 7.99. The topological polar surface area (TPSA) is 125 Å². The minimum atomic E-state index is -4.70. The summed E-state index contributed by atoms with van der Waals surface area (Å²) in [5.74, 6) is -3.31. The van der Waals surface area contributed by atoms with E-state index in [-0.39, 0.29) is 40.4 Å². The number of rotatable bonds is 13. The molecule has 7 nitrogen and oxygen atoms in total. The molecule has 3 aromatic rings. The van der Waals surface area contributed by atoms with Crippen molar-refractivity contribution in [3.05, 3.63) is 122 Å². The van der Waals surface area contributed by atoms with Crippen LogP contribution in [0.3, 0.4) is 0 Å². The molecule has 48 heavy (non-hydrogen) atoms. The Morgan fingerprint density at radius 2 is 1.90 bits per heavy atom. The van der Waals surface area contributed by atoms with Crippen molar-refractivity contribution in [1.29, 1.82) is 0 Å². The Morgan fingerprint density at radius 1 is 1.15 bits per heavy atom. The maximum atomic E-state index is 13.7. The third-order valence-electron chi connectivity index (χ3n) is 7.68. The summed E-state index contributed by atoms with van der Waals surface area (Å²) in [7, 11) is 0. The number of phenolic OH excluding ortho intramolecular Hbond substituents is 1. The van der Waals surface area contributed by atoms with Gasteiger partial charge >= 0.3 is 12.1 Å². The third kappa shape index (κ3) is 8.41. The second-order valence-electron chi connectivity index (χ2n) is 11.1. The number of thiocarbonyl (C=S) groups is 1. The van der Waals surface area contributed by atoms with Gasteiger partial charge in [-0.1, -0.05) is 62.0 Å². The zero-order valence-corrected chi connectivity index (χ0v) is 27.7. The molecule has 1 heterocycles. The fraction of sp³-hybridized carbons (Fsp3) is 0.278. The number of aromatic carboxylic acids is 1. The van der Waals surface area contributed by atoms with Crippen LogP contribution in [0.4, 0.5) is 13.2 Å². The second kappa shape index (κ2) is 15.8. The van der Waals surface area contributed by atoms with Crippen LogP contribution in [-0.4, -0.2) is 37.7 Å². The maximum Gasteiger partial charge on any atom is 0.416 e. The summed E-state index contributed by atoms with van der Waals surface area (Å²) in [4.78, 5) is 39.1. The van der Waals surface area contributed by atoms with E-state index >= 15 is 0 Å². The minimum absolute atomic E-state index is 0.0104. The summed E-state index contributed by atoms with van der Waals surface area (Å²) < 4.78 is 46.1. The maximum absolute atomic E-state index is 13.7. The zero-order valence-electron chi connectivity index (χ0n) is 26.0. The molecule has 1 aliphatic rings. The number of ketones is 1. The molecule has 0 unspecified atom stereocenters. The molecule has 0 saturated heterocycles. The number of hydrogen-bond acceptors (Lipinski definition) is 8. The van der Waals surface area contributed by atoms with Crippen LogP contribution in [-0.2, 0) is 19.0 Å². The van der Waals surface area contributed by atoms with E-state index < -0.39 is 46.5 Å². The molecule has 0 amide bonds. The number of allylic oxidation sites excluding steroid dienone is 4. The molecule has 1 aromatic heterocycles. The van der Waals surface area contributed by atoms with Crippen LogP contribution in [0.2, 0.25) is 0 Å². The fourth-order valence-corrected chi connectivity index (χ4v) is 6.56. The van der Waals surface area contributed by atoms with Gasteiger partial charge in [-0.15, -0.1) is 11.8 Å². The molecule has 12 heteroatoms. The molecular weight excluding hydrogens is 666 g/mol. The summed E-state index contributed by atoms with van der Waals surface area (Å²) in [6.07, 6.45) is 4.65. The number of halogens is 3. The third-order valence-corrected chi connectivity index (χ3v) is 9.09. The van der Waals surface area contributed by atoms with Gasteiger partial charge in [0.05, 0.1) is 28.4 Å². The van der Waals surface area contributed by atoms with Crippen LogP contribution in [0.15, 0.2) is 80.9 Å². The quantitative estimate of drug-likeness (QED) is 0.0532. The average molecular weight is 699 g/mol. The highest BCUT2D eigenvalue weighted by Crippen LogP contribution is 2.38. The van der Waals surface area contributed by atoms with Crippen LogP contribution in [0.25, 0.3) is 6.08 Å². The molecule has 1 aliphatic carbocycles. The van der Waals surface area contributed by atoms with Crippen molar-refractivity contribution in [2.24, 2.45) is 0 Å². The van der Waals surface area contributed by atoms with Gasteiger partial charge in [0, 0.05) is 33.4 Å². The van der Waals surface area contributed by atoms with Gasteiger partial charge in [-0.05, 0) is 61.7 Å². The van der Waals surface area contributed by atoms with Crippen molar-refractivity contribution in [2.45, 2.75) is 62.6 Å². The Labute approximate surface area is 284 Å². The number of hydrogen-bond donors (Lipinski definition) is 3. The largest absolute Gasteiger partial charge is 0.507 e. The molecule has 0 saturated carbocycles. The Hall–Kier alpha value is -4.26. The van der Waals surface area contributed by atoms with E-state index in [4.69, 9.17) is 16.6 Å². The molecule has 0 fully saturated rings. The van der Waals surface area contributed by atoms with E-state index in [1.54, 1.807) is 18.2 Å². The molecule has 4 rings (SSSR count). The Bertz CT molecular complexity index is 1870. The molecule has 0 spiro atoms. The molecule has 3 N–H and O–H groups in total. The number of alkyl halides is 3. The smallest absolute Gasteiger partial charge is 0.416 e. The number of carboxylic acids is 1. The van der Waals surface area contributed by atoms with E-state index in [0.29, 0.717) is 29.0 Å². The number of Topliss-reactive ketones (excluding diaryl/α,β-unsaturated/α-hetero) is 1. The number of fused-ring (bicyclic) bond motifs is 1. The number of benzene rings is 2. The van der Waals surface area contributed by atoms with Gasteiger partial charge in [-0.2, -0.15) is 13.2 Å². The van der Waals surface area contributed by atoms with E-state index in [1.165, 1.54) is 49.1 Å². The van der Waals surface area contributed by atoms with Gasteiger partial charge < -0.3 is 19.7 Å². The van der Waals surface area contributed by atoms with Gasteiger partial charge in [-0.3, -0.25) is 9.59 Å².